The Balaban J connectivity index is 1.87. The zero-order chi connectivity index (χ0) is 18.7. The van der Waals surface area contributed by atoms with Gasteiger partial charge in [0.25, 0.3) is 0 Å². The zero-order valence-corrected chi connectivity index (χ0v) is 14.9. The van der Waals surface area contributed by atoms with Crippen LogP contribution in [0.4, 0.5) is 0 Å². The Morgan fingerprint density at radius 1 is 1.27 bits per heavy atom. The fourth-order valence-corrected chi connectivity index (χ4v) is 3.13. The molecule has 3 rings (SSSR count). The Morgan fingerprint density at radius 3 is 2.62 bits per heavy atom. The van der Waals surface area contributed by atoms with Crippen LogP contribution in [-0.2, 0) is 15.1 Å². The lowest BCUT2D eigenvalue weighted by atomic mass is 9.87. The Morgan fingerprint density at radius 2 is 1.96 bits per heavy atom. The van der Waals surface area contributed by atoms with E-state index in [1.807, 2.05) is 56.3 Å². The SMILES string of the molecule is CC(C)C(=O)NC1COCC1(O)c1ccc(-c2ccccc2C#N)cc1. The number of nitrogens with zero attached hydrogens (tertiary/aromatic N) is 1. The third-order valence-corrected chi connectivity index (χ3v) is 4.77. The van der Waals surface area contributed by atoms with Crippen molar-refractivity contribution in [2.24, 2.45) is 5.92 Å². The molecular weight excluding hydrogens is 328 g/mol. The van der Waals surface area contributed by atoms with Crippen LogP contribution in [0.2, 0.25) is 0 Å². The summed E-state index contributed by atoms with van der Waals surface area (Å²) in [5.74, 6) is -0.275. The van der Waals surface area contributed by atoms with Gasteiger partial charge in [-0.3, -0.25) is 4.79 Å². The van der Waals surface area contributed by atoms with Crippen molar-refractivity contribution < 1.29 is 14.6 Å². The predicted octanol–water partition coefficient (Wildman–Crippen LogP) is 2.58. The molecule has 1 heterocycles. The normalized spacial score (nSPS) is 22.2. The van der Waals surface area contributed by atoms with Crippen LogP contribution in [0.15, 0.2) is 48.5 Å². The van der Waals surface area contributed by atoms with Gasteiger partial charge in [0, 0.05) is 5.92 Å². The molecule has 1 fully saturated rings. The molecule has 1 aliphatic heterocycles. The molecule has 5 nitrogen and oxygen atoms in total. The topological polar surface area (TPSA) is 82.3 Å². The number of nitrogens with one attached hydrogen (secondary N) is 1. The first-order valence-corrected chi connectivity index (χ1v) is 8.66. The molecule has 2 unspecified atom stereocenters. The van der Waals surface area contributed by atoms with E-state index in [0.29, 0.717) is 11.1 Å². The fraction of sp³-hybridized carbons (Fsp3) is 0.333. The first-order chi connectivity index (χ1) is 12.5. The van der Waals surface area contributed by atoms with Gasteiger partial charge < -0.3 is 15.2 Å². The van der Waals surface area contributed by atoms with Crippen molar-refractivity contribution in [1.29, 1.82) is 5.26 Å². The minimum Gasteiger partial charge on any atom is -0.380 e. The Hall–Kier alpha value is -2.68. The molecule has 0 saturated carbocycles. The van der Waals surface area contributed by atoms with E-state index in [4.69, 9.17) is 4.74 Å². The Bertz CT molecular complexity index is 839. The molecule has 0 spiro atoms. The van der Waals surface area contributed by atoms with Crippen LogP contribution in [0.25, 0.3) is 11.1 Å². The maximum Gasteiger partial charge on any atom is 0.222 e. The molecule has 1 amide bonds. The van der Waals surface area contributed by atoms with Gasteiger partial charge in [-0.05, 0) is 22.8 Å². The lowest BCUT2D eigenvalue weighted by molar-refractivity contribution is -0.126. The lowest BCUT2D eigenvalue weighted by Crippen LogP contribution is -2.50. The minimum atomic E-state index is -1.27. The van der Waals surface area contributed by atoms with Crippen LogP contribution >= 0.6 is 0 Å². The number of aliphatic hydroxyl groups is 1. The van der Waals surface area contributed by atoms with Crippen LogP contribution in [0, 0.1) is 17.2 Å². The van der Waals surface area contributed by atoms with Crippen molar-refractivity contribution in [2.75, 3.05) is 13.2 Å². The molecule has 0 aromatic heterocycles. The first kappa shape index (κ1) is 18.1. The highest BCUT2D eigenvalue weighted by molar-refractivity contribution is 5.78. The highest BCUT2D eigenvalue weighted by atomic mass is 16.5. The van der Waals surface area contributed by atoms with Crippen molar-refractivity contribution in [3.8, 4) is 17.2 Å². The summed E-state index contributed by atoms with van der Waals surface area (Å²) in [6, 6.07) is 16.5. The predicted molar refractivity (Wildman–Crippen MR) is 98.1 cm³/mol. The summed E-state index contributed by atoms with van der Waals surface area (Å²) >= 11 is 0. The quantitative estimate of drug-likeness (QED) is 0.888. The van der Waals surface area contributed by atoms with Crippen LogP contribution in [0.3, 0.4) is 0 Å². The molecule has 0 radical (unpaired) electrons. The van der Waals surface area contributed by atoms with Crippen molar-refractivity contribution in [3.63, 3.8) is 0 Å². The number of carbonyl (C=O) groups excluding carboxylic acids is 1. The van der Waals surface area contributed by atoms with Gasteiger partial charge in [-0.2, -0.15) is 5.26 Å². The second kappa shape index (κ2) is 7.28. The van der Waals surface area contributed by atoms with Crippen LogP contribution in [0.5, 0.6) is 0 Å². The smallest absolute Gasteiger partial charge is 0.222 e. The fourth-order valence-electron chi connectivity index (χ4n) is 3.13. The highest BCUT2D eigenvalue weighted by Gasteiger charge is 2.44. The molecule has 0 aliphatic carbocycles. The third-order valence-electron chi connectivity index (χ3n) is 4.77. The Labute approximate surface area is 153 Å². The van der Waals surface area contributed by atoms with Gasteiger partial charge in [0.1, 0.15) is 5.60 Å². The zero-order valence-electron chi connectivity index (χ0n) is 14.9. The Kier molecular flexibility index (Phi) is 5.08. The summed E-state index contributed by atoms with van der Waals surface area (Å²) in [7, 11) is 0. The van der Waals surface area contributed by atoms with Crippen LogP contribution in [-0.4, -0.2) is 30.3 Å². The molecule has 1 aliphatic rings. The van der Waals surface area contributed by atoms with E-state index >= 15 is 0 Å². The number of ether oxygens (including phenoxy) is 1. The summed E-state index contributed by atoms with van der Waals surface area (Å²) in [5, 5.41) is 23.3. The lowest BCUT2D eigenvalue weighted by Gasteiger charge is -2.30. The highest BCUT2D eigenvalue weighted by Crippen LogP contribution is 2.33. The standard InChI is InChI=1S/C21H22N2O3/c1-14(2)20(24)23-19-12-26-13-21(19,25)17-9-7-15(8-10-17)18-6-4-3-5-16(18)11-22/h3-10,14,19,25H,12-13H2,1-2H3,(H,23,24). The maximum atomic E-state index is 12.0. The largest absolute Gasteiger partial charge is 0.380 e. The number of hydrogen-bond acceptors (Lipinski definition) is 4. The monoisotopic (exact) mass is 350 g/mol. The molecule has 5 heteroatoms. The van der Waals surface area contributed by atoms with Crippen LogP contribution in [0.1, 0.15) is 25.0 Å². The van der Waals surface area contributed by atoms with Gasteiger partial charge in [0.05, 0.1) is 30.9 Å². The van der Waals surface area contributed by atoms with Crippen LogP contribution < -0.4 is 5.32 Å². The number of carbonyl (C=O) groups is 1. The maximum absolute atomic E-state index is 12.0. The summed E-state index contributed by atoms with van der Waals surface area (Å²) in [6.45, 7) is 4.02. The minimum absolute atomic E-state index is 0.113. The summed E-state index contributed by atoms with van der Waals surface area (Å²) in [5.41, 5.74) is 1.77. The summed E-state index contributed by atoms with van der Waals surface area (Å²) < 4.78 is 5.45. The number of amides is 1. The number of hydrogen-bond donors (Lipinski definition) is 2. The van der Waals surface area contributed by atoms with Gasteiger partial charge >= 0.3 is 0 Å². The second-order valence-corrected chi connectivity index (χ2v) is 6.89. The molecule has 2 aromatic carbocycles. The molecule has 134 valence electrons. The molecule has 1 saturated heterocycles. The van der Waals surface area contributed by atoms with E-state index in [1.165, 1.54) is 0 Å². The van der Waals surface area contributed by atoms with E-state index in [9.17, 15) is 15.2 Å². The van der Waals surface area contributed by atoms with E-state index in [-0.39, 0.29) is 25.0 Å². The van der Waals surface area contributed by atoms with Crippen molar-refractivity contribution >= 4 is 5.91 Å². The van der Waals surface area contributed by atoms with Crippen molar-refractivity contribution in [3.05, 3.63) is 59.7 Å². The molecule has 26 heavy (non-hydrogen) atoms. The van der Waals surface area contributed by atoms with Gasteiger partial charge in [-0.25, -0.2) is 0 Å². The van der Waals surface area contributed by atoms with Crippen molar-refractivity contribution in [2.45, 2.75) is 25.5 Å². The van der Waals surface area contributed by atoms with Gasteiger partial charge in [0.2, 0.25) is 5.91 Å². The van der Waals surface area contributed by atoms with E-state index in [1.54, 1.807) is 6.07 Å². The molecule has 2 N–H and O–H groups in total. The van der Waals surface area contributed by atoms with E-state index in [2.05, 4.69) is 11.4 Å². The van der Waals surface area contributed by atoms with Gasteiger partial charge in [-0.1, -0.05) is 56.3 Å². The number of rotatable bonds is 4. The average Bonchev–Trinajstić information content (AvgIpc) is 3.03. The molecule has 0 bridgehead atoms. The molecular formula is C21H22N2O3. The summed E-state index contributed by atoms with van der Waals surface area (Å²) in [4.78, 5) is 12.0. The average molecular weight is 350 g/mol. The number of nitriles is 1. The molecule has 2 aromatic rings. The molecule has 2 atom stereocenters. The van der Waals surface area contributed by atoms with E-state index < -0.39 is 11.6 Å². The van der Waals surface area contributed by atoms with E-state index in [0.717, 1.165) is 11.1 Å². The first-order valence-electron chi connectivity index (χ1n) is 8.66. The van der Waals surface area contributed by atoms with Crippen molar-refractivity contribution in [1.82, 2.24) is 5.32 Å². The third kappa shape index (κ3) is 3.34. The van der Waals surface area contributed by atoms with Gasteiger partial charge in [0.15, 0.2) is 0 Å². The summed E-state index contributed by atoms with van der Waals surface area (Å²) in [6.07, 6.45) is 0. The second-order valence-electron chi connectivity index (χ2n) is 6.89. The number of benzene rings is 2. The van der Waals surface area contributed by atoms with Gasteiger partial charge in [-0.15, -0.1) is 0 Å².